The van der Waals surface area contributed by atoms with Crippen molar-refractivity contribution in [2.45, 2.75) is 18.6 Å². The largest absolute Gasteiger partial charge is 0.389 e. The maximum Gasteiger partial charge on any atom is 0.338 e. The van der Waals surface area contributed by atoms with Gasteiger partial charge in [0.15, 0.2) is 0 Å². The molecule has 1 N–H and O–H groups in total. The molecule has 0 radical (unpaired) electrons. The lowest BCUT2D eigenvalue weighted by atomic mass is 10.2. The molecule has 1 aromatic heterocycles. The number of aromatic nitrogens is 2. The van der Waals surface area contributed by atoms with Crippen LogP contribution in [0.5, 0.6) is 0 Å². The van der Waals surface area contributed by atoms with Crippen LogP contribution in [0, 0.1) is 0 Å². The first-order valence-electron chi connectivity index (χ1n) is 6.88. The highest BCUT2D eigenvalue weighted by molar-refractivity contribution is 5.95. The second-order valence-corrected chi connectivity index (χ2v) is 5.11. The minimum Gasteiger partial charge on any atom is -0.389 e. The molecule has 1 aliphatic rings. The molecule has 6 heteroatoms. The fourth-order valence-corrected chi connectivity index (χ4v) is 2.51. The minimum absolute atomic E-state index is 0.265. The fourth-order valence-electron chi connectivity index (χ4n) is 2.51. The Morgan fingerprint density at radius 3 is 2.45 bits per heavy atom. The maximum atomic E-state index is 12.5. The number of nitrogens with zero attached hydrogens (tertiary/aromatic N) is 2. The summed E-state index contributed by atoms with van der Waals surface area (Å²) in [5.74, 6) is -0.660. The van der Waals surface area contributed by atoms with Crippen LogP contribution in [0.3, 0.4) is 0 Å². The van der Waals surface area contributed by atoms with Gasteiger partial charge in [-0.25, -0.2) is 4.79 Å². The van der Waals surface area contributed by atoms with Gasteiger partial charge in [-0.1, -0.05) is 30.4 Å². The zero-order valence-electron chi connectivity index (χ0n) is 11.6. The Morgan fingerprint density at radius 2 is 1.82 bits per heavy atom. The lowest BCUT2D eigenvalue weighted by Gasteiger charge is -2.14. The molecule has 0 amide bonds. The van der Waals surface area contributed by atoms with Crippen LogP contribution in [0.4, 0.5) is 0 Å². The van der Waals surface area contributed by atoms with Gasteiger partial charge in [0.2, 0.25) is 0 Å². The highest BCUT2D eigenvalue weighted by atomic mass is 16.3. The first kappa shape index (κ1) is 14.2. The molecule has 6 nitrogen and oxygen atoms in total. The average Bonchev–Trinajstić information content (AvgIpc) is 2.94. The average molecular weight is 298 g/mol. The van der Waals surface area contributed by atoms with Gasteiger partial charge in [0.05, 0.1) is 12.1 Å². The topological polar surface area (TPSA) is 81.3 Å². The van der Waals surface area contributed by atoms with E-state index in [1.807, 2.05) is 0 Å². The lowest BCUT2D eigenvalue weighted by Crippen LogP contribution is -2.43. The third-order valence-electron chi connectivity index (χ3n) is 3.63. The highest BCUT2D eigenvalue weighted by Gasteiger charge is 2.22. The monoisotopic (exact) mass is 298 g/mol. The molecule has 1 heterocycles. The third-order valence-corrected chi connectivity index (χ3v) is 3.63. The zero-order valence-corrected chi connectivity index (χ0v) is 11.6. The molecule has 1 aliphatic carbocycles. The van der Waals surface area contributed by atoms with E-state index in [1.54, 1.807) is 42.5 Å². The molecule has 2 atom stereocenters. The summed E-state index contributed by atoms with van der Waals surface area (Å²) in [5, 5.41) is 9.53. The summed E-state index contributed by atoms with van der Waals surface area (Å²) < 4.78 is 1.91. The Labute approximate surface area is 125 Å². The number of carbonyl (C=O) groups is 1. The van der Waals surface area contributed by atoms with Crippen LogP contribution < -0.4 is 11.2 Å². The molecule has 0 saturated heterocycles. The molecular weight excluding hydrogens is 284 g/mol. The molecule has 0 bridgehead atoms. The Hall–Kier alpha value is -2.73. The van der Waals surface area contributed by atoms with Gasteiger partial charge in [-0.15, -0.1) is 0 Å². The molecule has 0 saturated carbocycles. The molecule has 2 aromatic rings. The molecule has 112 valence electrons. The SMILES string of the molecule is O=C(c1ccccc1)n1c(=O)ccn([C@H]2C=C[C@@H](O)C2)c1=O. The molecule has 22 heavy (non-hydrogen) atoms. The first-order valence-corrected chi connectivity index (χ1v) is 6.88. The van der Waals surface area contributed by atoms with Crippen molar-refractivity contribution >= 4 is 5.91 Å². The summed E-state index contributed by atoms with van der Waals surface area (Å²) in [5.41, 5.74) is -1.11. The van der Waals surface area contributed by atoms with E-state index >= 15 is 0 Å². The van der Waals surface area contributed by atoms with Gasteiger partial charge in [-0.2, -0.15) is 4.57 Å². The lowest BCUT2D eigenvalue weighted by molar-refractivity contribution is 0.0948. The summed E-state index contributed by atoms with van der Waals surface area (Å²) in [6.45, 7) is 0. The van der Waals surface area contributed by atoms with Crippen molar-refractivity contribution in [2.75, 3.05) is 0 Å². The first-order chi connectivity index (χ1) is 10.6. The molecular formula is C16H14N2O4. The zero-order chi connectivity index (χ0) is 15.7. The summed E-state index contributed by atoms with van der Waals surface area (Å²) in [6.07, 6.45) is 4.35. The van der Waals surface area contributed by atoms with E-state index in [0.29, 0.717) is 11.0 Å². The molecule has 3 rings (SSSR count). The van der Waals surface area contributed by atoms with Crippen LogP contribution in [0.15, 0.2) is 64.3 Å². The predicted molar refractivity (Wildman–Crippen MR) is 79.9 cm³/mol. The number of aliphatic hydroxyl groups excluding tert-OH is 1. The van der Waals surface area contributed by atoms with Crippen LogP contribution >= 0.6 is 0 Å². The van der Waals surface area contributed by atoms with E-state index in [1.165, 1.54) is 16.8 Å². The van der Waals surface area contributed by atoms with Crippen molar-refractivity contribution in [3.05, 3.63) is 81.1 Å². The Bertz CT molecular complexity index is 848. The number of hydrogen-bond donors (Lipinski definition) is 1. The standard InChI is InChI=1S/C16H14N2O4/c19-13-7-6-12(10-13)17-9-8-14(20)18(16(17)22)15(21)11-4-2-1-3-5-11/h1-9,12-13,19H,10H2/t12-,13+/m0/s1. The smallest absolute Gasteiger partial charge is 0.338 e. The predicted octanol–water partition coefficient (Wildman–Crippen LogP) is 0.560. The van der Waals surface area contributed by atoms with E-state index in [-0.39, 0.29) is 11.6 Å². The van der Waals surface area contributed by atoms with Crippen LogP contribution in [-0.2, 0) is 0 Å². The van der Waals surface area contributed by atoms with E-state index < -0.39 is 23.3 Å². The molecule has 0 aliphatic heterocycles. The van der Waals surface area contributed by atoms with Crippen LogP contribution in [-0.4, -0.2) is 26.3 Å². The van der Waals surface area contributed by atoms with Crippen molar-refractivity contribution in [2.24, 2.45) is 0 Å². The minimum atomic E-state index is -0.704. The van der Waals surface area contributed by atoms with Gasteiger partial charge >= 0.3 is 5.69 Å². The van der Waals surface area contributed by atoms with Crippen LogP contribution in [0.1, 0.15) is 22.8 Å². The van der Waals surface area contributed by atoms with Crippen LogP contribution in [0.2, 0.25) is 0 Å². The number of hydrogen-bond acceptors (Lipinski definition) is 4. The fraction of sp³-hybridized carbons (Fsp3) is 0.188. The van der Waals surface area contributed by atoms with E-state index in [2.05, 4.69) is 0 Å². The summed E-state index contributed by atoms with van der Waals surface area (Å²) in [7, 11) is 0. The van der Waals surface area contributed by atoms with Crippen molar-refractivity contribution < 1.29 is 9.90 Å². The van der Waals surface area contributed by atoms with E-state index in [9.17, 15) is 19.5 Å². The Balaban J connectivity index is 2.09. The number of allylic oxidation sites excluding steroid dienone is 1. The van der Waals surface area contributed by atoms with Crippen molar-refractivity contribution in [1.29, 1.82) is 0 Å². The van der Waals surface area contributed by atoms with Gasteiger partial charge in [-0.05, 0) is 12.1 Å². The van der Waals surface area contributed by atoms with Gasteiger partial charge in [-0.3, -0.25) is 14.2 Å². The normalized spacial score (nSPS) is 20.2. The quantitative estimate of drug-likeness (QED) is 0.821. The third kappa shape index (κ3) is 2.44. The summed E-state index contributed by atoms with van der Waals surface area (Å²) in [4.78, 5) is 36.8. The van der Waals surface area contributed by atoms with Crippen molar-refractivity contribution in [1.82, 2.24) is 9.13 Å². The number of rotatable bonds is 2. The molecule has 0 fully saturated rings. The van der Waals surface area contributed by atoms with Crippen molar-refractivity contribution in [3.8, 4) is 0 Å². The summed E-state index contributed by atoms with van der Waals surface area (Å²) >= 11 is 0. The molecule has 0 unspecified atom stereocenters. The van der Waals surface area contributed by atoms with Gasteiger partial charge < -0.3 is 5.11 Å². The number of aliphatic hydroxyl groups is 1. The van der Waals surface area contributed by atoms with Crippen LogP contribution in [0.25, 0.3) is 0 Å². The van der Waals surface area contributed by atoms with Gasteiger partial charge in [0.1, 0.15) is 0 Å². The van der Waals surface area contributed by atoms with E-state index in [0.717, 1.165) is 0 Å². The van der Waals surface area contributed by atoms with Crippen molar-refractivity contribution in [3.63, 3.8) is 0 Å². The molecule has 0 spiro atoms. The van der Waals surface area contributed by atoms with E-state index in [4.69, 9.17) is 0 Å². The Kier molecular flexibility index (Phi) is 3.60. The van der Waals surface area contributed by atoms with Gasteiger partial charge in [0.25, 0.3) is 11.5 Å². The molecule has 1 aromatic carbocycles. The number of carbonyl (C=O) groups excluding carboxylic acids is 1. The second kappa shape index (κ2) is 5.57. The second-order valence-electron chi connectivity index (χ2n) is 5.11. The van der Waals surface area contributed by atoms with Gasteiger partial charge in [0, 0.05) is 24.2 Å². The summed E-state index contributed by atoms with van der Waals surface area (Å²) in [6, 6.07) is 8.98. The highest BCUT2D eigenvalue weighted by Crippen LogP contribution is 2.20. The Morgan fingerprint density at radius 1 is 1.09 bits per heavy atom. The number of benzene rings is 1. The maximum absolute atomic E-state index is 12.5.